The van der Waals surface area contributed by atoms with Crippen molar-refractivity contribution in [2.45, 2.75) is 56.1 Å². The van der Waals surface area contributed by atoms with Crippen molar-refractivity contribution in [3.63, 3.8) is 0 Å². The molecule has 4 rings (SSSR count). The van der Waals surface area contributed by atoms with Crippen molar-refractivity contribution in [2.75, 3.05) is 10.8 Å². The third-order valence-electron chi connectivity index (χ3n) is 6.86. The molecule has 0 spiro atoms. The summed E-state index contributed by atoms with van der Waals surface area (Å²) >= 11 is 6.03. The van der Waals surface area contributed by atoms with E-state index in [9.17, 15) is 22.4 Å². The predicted octanol–water partition coefficient (Wildman–Crippen LogP) is 5.15. The van der Waals surface area contributed by atoms with Gasteiger partial charge in [-0.25, -0.2) is 12.8 Å². The van der Waals surface area contributed by atoms with E-state index in [0.29, 0.717) is 5.02 Å². The van der Waals surface area contributed by atoms with Crippen molar-refractivity contribution in [2.24, 2.45) is 0 Å². The number of nitrogens with one attached hydrogen (secondary N) is 1. The smallest absolute Gasteiger partial charge is 0.264 e. The topological polar surface area (TPSA) is 86.8 Å². The van der Waals surface area contributed by atoms with Crippen molar-refractivity contribution in [3.05, 3.63) is 95.3 Å². The number of sulfonamides is 1. The zero-order chi connectivity index (χ0) is 28.0. The van der Waals surface area contributed by atoms with E-state index in [1.54, 1.807) is 49.4 Å². The first-order chi connectivity index (χ1) is 18.6. The van der Waals surface area contributed by atoms with Crippen molar-refractivity contribution in [1.82, 2.24) is 10.2 Å². The highest BCUT2D eigenvalue weighted by molar-refractivity contribution is 7.92. The molecule has 0 radical (unpaired) electrons. The van der Waals surface area contributed by atoms with Gasteiger partial charge in [-0.2, -0.15) is 0 Å². The molecule has 1 fully saturated rings. The maximum Gasteiger partial charge on any atom is 0.264 e. The molecule has 1 atom stereocenters. The van der Waals surface area contributed by atoms with Crippen LogP contribution in [0.4, 0.5) is 10.1 Å². The quantitative estimate of drug-likeness (QED) is 0.365. The van der Waals surface area contributed by atoms with Crippen LogP contribution in [0.15, 0.2) is 83.8 Å². The van der Waals surface area contributed by atoms with Crippen LogP contribution in [0.5, 0.6) is 0 Å². The molecule has 3 aromatic rings. The van der Waals surface area contributed by atoms with Crippen molar-refractivity contribution in [3.8, 4) is 0 Å². The molecule has 0 saturated heterocycles. The minimum absolute atomic E-state index is 0.0154. The molecule has 1 saturated carbocycles. The number of benzene rings is 3. The molecule has 0 bridgehead atoms. The Morgan fingerprint density at radius 3 is 2.21 bits per heavy atom. The van der Waals surface area contributed by atoms with Crippen molar-refractivity contribution in [1.29, 1.82) is 0 Å². The summed E-state index contributed by atoms with van der Waals surface area (Å²) in [6.07, 6.45) is 3.85. The van der Waals surface area contributed by atoms with Crippen LogP contribution in [0.25, 0.3) is 0 Å². The molecule has 3 aromatic carbocycles. The van der Waals surface area contributed by atoms with Gasteiger partial charge in [-0.1, -0.05) is 54.8 Å². The number of anilines is 1. The average Bonchev–Trinajstić information content (AvgIpc) is 3.45. The summed E-state index contributed by atoms with van der Waals surface area (Å²) in [7, 11) is -4.19. The zero-order valence-corrected chi connectivity index (χ0v) is 23.2. The Morgan fingerprint density at radius 2 is 1.59 bits per heavy atom. The third kappa shape index (κ3) is 7.16. The van der Waals surface area contributed by atoms with Gasteiger partial charge in [0.2, 0.25) is 11.8 Å². The fourth-order valence-electron chi connectivity index (χ4n) is 4.62. The summed E-state index contributed by atoms with van der Waals surface area (Å²) in [5, 5.41) is 3.56. The Hall–Kier alpha value is -3.43. The van der Waals surface area contributed by atoms with Crippen LogP contribution in [0.3, 0.4) is 0 Å². The molecule has 10 heteroatoms. The Bertz CT molecular complexity index is 1380. The minimum Gasteiger partial charge on any atom is -0.352 e. The molecule has 1 unspecified atom stereocenters. The maximum absolute atomic E-state index is 13.9. The van der Waals surface area contributed by atoms with Crippen LogP contribution in [0.1, 0.15) is 38.2 Å². The van der Waals surface area contributed by atoms with Gasteiger partial charge in [0.05, 0.1) is 10.6 Å². The van der Waals surface area contributed by atoms with Crippen molar-refractivity contribution < 1.29 is 22.4 Å². The highest BCUT2D eigenvalue weighted by Crippen LogP contribution is 2.25. The monoisotopic (exact) mass is 571 g/mol. The summed E-state index contributed by atoms with van der Waals surface area (Å²) < 4.78 is 42.0. The summed E-state index contributed by atoms with van der Waals surface area (Å²) in [6.45, 7) is 1.11. The number of rotatable bonds is 10. The maximum atomic E-state index is 13.9. The fourth-order valence-corrected chi connectivity index (χ4v) is 6.18. The van der Waals surface area contributed by atoms with Gasteiger partial charge in [0.25, 0.3) is 10.0 Å². The van der Waals surface area contributed by atoms with E-state index in [1.165, 1.54) is 29.2 Å². The lowest BCUT2D eigenvalue weighted by Crippen LogP contribution is -2.52. The Morgan fingerprint density at radius 1 is 0.974 bits per heavy atom. The molecule has 1 N–H and O–H groups in total. The second kappa shape index (κ2) is 12.6. The lowest BCUT2D eigenvalue weighted by atomic mass is 10.1. The number of hydrogen-bond acceptors (Lipinski definition) is 4. The first-order valence-corrected chi connectivity index (χ1v) is 14.6. The highest BCUT2D eigenvalue weighted by Gasteiger charge is 2.33. The van der Waals surface area contributed by atoms with Crippen LogP contribution in [0, 0.1) is 5.82 Å². The van der Waals surface area contributed by atoms with Crippen LogP contribution < -0.4 is 9.62 Å². The van der Waals surface area contributed by atoms with Crippen LogP contribution in [-0.4, -0.2) is 43.8 Å². The lowest BCUT2D eigenvalue weighted by Gasteiger charge is -2.32. The van der Waals surface area contributed by atoms with Crippen molar-refractivity contribution >= 4 is 39.1 Å². The van der Waals surface area contributed by atoms with E-state index in [0.717, 1.165) is 47.7 Å². The normalized spacial score (nSPS) is 14.5. The lowest BCUT2D eigenvalue weighted by molar-refractivity contribution is -0.139. The number of hydrogen-bond donors (Lipinski definition) is 1. The van der Waals surface area contributed by atoms with E-state index in [-0.39, 0.29) is 29.1 Å². The Labute approximate surface area is 233 Å². The molecule has 1 aliphatic rings. The van der Waals surface area contributed by atoms with Crippen LogP contribution in [0.2, 0.25) is 5.02 Å². The van der Waals surface area contributed by atoms with Crippen LogP contribution in [-0.2, 0) is 26.2 Å². The third-order valence-corrected chi connectivity index (χ3v) is 8.90. The first-order valence-electron chi connectivity index (χ1n) is 12.8. The summed E-state index contributed by atoms with van der Waals surface area (Å²) in [5.74, 6) is -1.42. The standard InChI is InChI=1S/C29H31ClFN3O4S/c1-21(29(36)32-25-7-5-6-8-25)33(19-22-11-13-23(30)14-12-22)28(35)20-34(26-17-15-24(31)16-18-26)39(37,38)27-9-3-2-4-10-27/h2-4,9-18,21,25H,5-8,19-20H2,1H3,(H,32,36). The molecule has 2 amide bonds. The molecule has 1 aliphatic carbocycles. The number of halogens is 2. The van der Waals surface area contributed by atoms with Gasteiger partial charge in [0.15, 0.2) is 0 Å². The number of carbonyl (C=O) groups excluding carboxylic acids is 2. The van der Waals surface area contributed by atoms with Crippen LogP contribution >= 0.6 is 11.6 Å². The van der Waals surface area contributed by atoms with Gasteiger partial charge in [-0.3, -0.25) is 13.9 Å². The van der Waals surface area contributed by atoms with Gasteiger partial charge < -0.3 is 10.2 Å². The molecule has 206 valence electrons. The SMILES string of the molecule is CC(C(=O)NC1CCCC1)N(Cc1ccc(Cl)cc1)C(=O)CN(c1ccc(F)cc1)S(=O)(=O)c1ccccc1. The molecule has 39 heavy (non-hydrogen) atoms. The number of nitrogens with zero attached hydrogens (tertiary/aromatic N) is 2. The average molecular weight is 572 g/mol. The Kier molecular flexibility index (Phi) is 9.24. The van der Waals surface area contributed by atoms with Gasteiger partial charge in [-0.05, 0) is 73.9 Å². The van der Waals surface area contributed by atoms with Gasteiger partial charge in [0, 0.05) is 17.6 Å². The largest absolute Gasteiger partial charge is 0.352 e. The van der Waals surface area contributed by atoms with Gasteiger partial charge in [-0.15, -0.1) is 0 Å². The fraction of sp³-hybridized carbons (Fsp3) is 0.310. The minimum atomic E-state index is -4.19. The van der Waals surface area contributed by atoms with Gasteiger partial charge in [0.1, 0.15) is 18.4 Å². The summed E-state index contributed by atoms with van der Waals surface area (Å²) in [6, 6.07) is 18.7. The van der Waals surface area contributed by atoms with E-state index in [2.05, 4.69) is 5.32 Å². The molecule has 7 nitrogen and oxygen atoms in total. The first kappa shape index (κ1) is 28.6. The van der Waals surface area contributed by atoms with E-state index in [1.807, 2.05) is 0 Å². The highest BCUT2D eigenvalue weighted by atomic mass is 35.5. The summed E-state index contributed by atoms with van der Waals surface area (Å²) in [5.41, 5.74) is 0.857. The molecule has 0 aliphatic heterocycles. The molecule has 0 heterocycles. The predicted molar refractivity (Wildman–Crippen MR) is 149 cm³/mol. The second-order valence-electron chi connectivity index (χ2n) is 9.62. The molecular formula is C29H31ClFN3O4S. The van der Waals surface area contributed by atoms with E-state index >= 15 is 0 Å². The zero-order valence-electron chi connectivity index (χ0n) is 21.6. The number of carbonyl (C=O) groups is 2. The summed E-state index contributed by atoms with van der Waals surface area (Å²) in [4.78, 5) is 28.4. The van der Waals surface area contributed by atoms with E-state index in [4.69, 9.17) is 11.6 Å². The second-order valence-corrected chi connectivity index (χ2v) is 11.9. The number of amides is 2. The van der Waals surface area contributed by atoms with E-state index < -0.39 is 34.3 Å². The Balaban J connectivity index is 1.66. The van der Waals surface area contributed by atoms with Gasteiger partial charge >= 0.3 is 0 Å². The molecular weight excluding hydrogens is 541 g/mol. The molecule has 0 aromatic heterocycles.